The molecule has 11 rings (SSSR count). The molecule has 4 aliphatic rings. The van der Waals surface area contributed by atoms with Crippen LogP contribution in [0.1, 0.15) is 60.3 Å². The average molecular weight is 671 g/mol. The first kappa shape index (κ1) is 29.6. The summed E-state index contributed by atoms with van der Waals surface area (Å²) in [6, 6.07) is 51.4. The van der Waals surface area contributed by atoms with E-state index in [-0.39, 0.29) is 18.0 Å². The van der Waals surface area contributed by atoms with Gasteiger partial charge in [0, 0.05) is 28.3 Å². The Hall–Kier alpha value is -6.06. The van der Waals surface area contributed by atoms with Gasteiger partial charge in [-0.05, 0) is 111 Å². The van der Waals surface area contributed by atoms with Crippen molar-refractivity contribution >= 4 is 61.8 Å². The number of hydrogen-bond acceptors (Lipinski definition) is 3. The summed E-state index contributed by atoms with van der Waals surface area (Å²) in [5, 5.41) is 8.85. The van der Waals surface area contributed by atoms with Crippen LogP contribution in [0.25, 0.3) is 44.7 Å². The number of fused-ring (bicyclic) bond motifs is 6. The minimum Gasteiger partial charge on any atom is -0.456 e. The lowest BCUT2D eigenvalue weighted by molar-refractivity contribution is 0.665. The maximum atomic E-state index is 6.70. The van der Waals surface area contributed by atoms with Crippen LogP contribution < -0.4 is 20.7 Å². The Morgan fingerprint density at radius 2 is 1.56 bits per heavy atom. The summed E-state index contributed by atoms with van der Waals surface area (Å²) in [4.78, 5) is 2.43. The molecular formula is C49H38N2O. The molecule has 6 aromatic carbocycles. The molecule has 250 valence electrons. The third-order valence-electron chi connectivity index (χ3n) is 11.9. The first-order chi connectivity index (χ1) is 25.7. The number of para-hydroxylation sites is 2. The Morgan fingerprint density at radius 1 is 0.731 bits per heavy atom. The predicted molar refractivity (Wildman–Crippen MR) is 216 cm³/mol. The number of furan rings is 1. The lowest BCUT2D eigenvalue weighted by atomic mass is 9.68. The van der Waals surface area contributed by atoms with Crippen molar-refractivity contribution in [1.82, 2.24) is 0 Å². The molecule has 0 bridgehead atoms. The number of allylic oxidation sites excluding steroid dienone is 4. The van der Waals surface area contributed by atoms with E-state index in [1.807, 2.05) is 0 Å². The van der Waals surface area contributed by atoms with Gasteiger partial charge in [0.2, 0.25) is 0 Å². The van der Waals surface area contributed by atoms with Crippen molar-refractivity contribution < 1.29 is 4.42 Å². The maximum Gasteiger partial charge on any atom is 0.135 e. The largest absolute Gasteiger partial charge is 0.456 e. The van der Waals surface area contributed by atoms with Crippen LogP contribution in [0.2, 0.25) is 0 Å². The molecule has 7 aromatic rings. The molecule has 0 fully saturated rings. The van der Waals surface area contributed by atoms with E-state index >= 15 is 0 Å². The van der Waals surface area contributed by atoms with Crippen LogP contribution in [-0.4, -0.2) is 6.17 Å². The minimum atomic E-state index is 0.114. The second kappa shape index (κ2) is 11.5. The summed E-state index contributed by atoms with van der Waals surface area (Å²) in [7, 11) is 0. The molecule has 0 saturated carbocycles. The smallest absolute Gasteiger partial charge is 0.135 e. The summed E-state index contributed by atoms with van der Waals surface area (Å²) in [6.07, 6.45) is 8.37. The van der Waals surface area contributed by atoms with Crippen molar-refractivity contribution in [3.63, 3.8) is 0 Å². The van der Waals surface area contributed by atoms with E-state index in [1.54, 1.807) is 0 Å². The Kier molecular flexibility index (Phi) is 6.55. The van der Waals surface area contributed by atoms with E-state index in [1.165, 1.54) is 72.0 Å². The lowest BCUT2D eigenvalue weighted by Crippen LogP contribution is -2.30. The fourth-order valence-electron chi connectivity index (χ4n) is 9.66. The maximum absolute atomic E-state index is 6.70. The summed E-state index contributed by atoms with van der Waals surface area (Å²) in [6.45, 7) is 2.24. The average Bonchev–Trinajstić information content (AvgIpc) is 3.88. The SMILES string of the molecule is CCC1Nc2ccccc2N1c1ccc2oc3cc(C4C=C(c5ccccc5)C5=C(c6cccc7c6=C5CCC=7)C4c4ccccc4)ccc3c2c1. The van der Waals surface area contributed by atoms with Gasteiger partial charge in [-0.2, -0.15) is 0 Å². The second-order valence-electron chi connectivity index (χ2n) is 14.6. The standard InChI is InChI=1S/C49H38N2O/c1-2-45-50-41-21-9-10-22-42(41)51(45)34-24-26-43-40(28-34)35-25-23-33(27-44(35)52-43)39-29-38(30-13-5-3-6-14-30)48-36-19-11-17-31-18-12-20-37(46(31)36)49(48)47(39)32-15-7-4-8-16-32/h3-10,12-18,20-29,39,45,47,50H,2,11,19H2,1H3. The fourth-order valence-corrected chi connectivity index (χ4v) is 9.66. The third-order valence-corrected chi connectivity index (χ3v) is 11.9. The molecule has 3 nitrogen and oxygen atoms in total. The number of anilines is 3. The van der Waals surface area contributed by atoms with Gasteiger partial charge in [0.15, 0.2) is 0 Å². The molecule has 1 aromatic heterocycles. The van der Waals surface area contributed by atoms with Crippen LogP contribution in [0.3, 0.4) is 0 Å². The van der Waals surface area contributed by atoms with Gasteiger partial charge >= 0.3 is 0 Å². The van der Waals surface area contributed by atoms with Gasteiger partial charge in [-0.15, -0.1) is 0 Å². The van der Waals surface area contributed by atoms with Crippen molar-refractivity contribution in [3.05, 3.63) is 184 Å². The molecule has 1 aliphatic heterocycles. The zero-order chi connectivity index (χ0) is 34.3. The van der Waals surface area contributed by atoms with Crippen LogP contribution in [-0.2, 0) is 0 Å². The van der Waals surface area contributed by atoms with Gasteiger partial charge in [-0.25, -0.2) is 0 Å². The highest BCUT2D eigenvalue weighted by Crippen LogP contribution is 2.56. The van der Waals surface area contributed by atoms with E-state index in [0.717, 1.165) is 41.2 Å². The van der Waals surface area contributed by atoms with Crippen molar-refractivity contribution in [2.24, 2.45) is 0 Å². The minimum absolute atomic E-state index is 0.114. The van der Waals surface area contributed by atoms with E-state index in [4.69, 9.17) is 4.42 Å². The Labute approximate surface area is 303 Å². The van der Waals surface area contributed by atoms with E-state index in [0.29, 0.717) is 0 Å². The zero-order valence-corrected chi connectivity index (χ0v) is 29.1. The number of benzene rings is 6. The lowest BCUT2D eigenvalue weighted by Gasteiger charge is -2.35. The number of hydrogen-bond donors (Lipinski definition) is 1. The van der Waals surface area contributed by atoms with Crippen molar-refractivity contribution in [3.8, 4) is 0 Å². The highest BCUT2D eigenvalue weighted by molar-refractivity contribution is 6.10. The van der Waals surface area contributed by atoms with Crippen molar-refractivity contribution in [1.29, 1.82) is 0 Å². The summed E-state index contributed by atoms with van der Waals surface area (Å²) in [5.74, 6) is 0.276. The van der Waals surface area contributed by atoms with E-state index in [9.17, 15) is 0 Å². The molecule has 3 atom stereocenters. The Balaban J connectivity index is 1.09. The first-order valence-electron chi connectivity index (χ1n) is 18.8. The fraction of sp³-hybridized carbons (Fsp3) is 0.143. The molecular weight excluding hydrogens is 633 g/mol. The molecule has 3 unspecified atom stereocenters. The second-order valence-corrected chi connectivity index (χ2v) is 14.6. The molecule has 0 radical (unpaired) electrons. The van der Waals surface area contributed by atoms with Gasteiger partial charge in [0.25, 0.3) is 0 Å². The van der Waals surface area contributed by atoms with Crippen LogP contribution >= 0.6 is 0 Å². The van der Waals surface area contributed by atoms with Gasteiger partial charge in [0.1, 0.15) is 17.3 Å². The molecule has 1 N–H and O–H groups in total. The van der Waals surface area contributed by atoms with Crippen LogP contribution in [0.15, 0.2) is 156 Å². The van der Waals surface area contributed by atoms with Crippen LogP contribution in [0, 0.1) is 0 Å². The quantitative estimate of drug-likeness (QED) is 0.198. The number of nitrogens with one attached hydrogen (secondary N) is 1. The van der Waals surface area contributed by atoms with E-state index < -0.39 is 0 Å². The highest BCUT2D eigenvalue weighted by Gasteiger charge is 2.40. The van der Waals surface area contributed by atoms with Crippen LogP contribution in [0.4, 0.5) is 17.1 Å². The summed E-state index contributed by atoms with van der Waals surface area (Å²) >= 11 is 0. The van der Waals surface area contributed by atoms with E-state index in [2.05, 4.69) is 169 Å². The Bertz CT molecular complexity index is 2770. The Morgan fingerprint density at radius 3 is 2.42 bits per heavy atom. The zero-order valence-electron chi connectivity index (χ0n) is 29.1. The highest BCUT2D eigenvalue weighted by atomic mass is 16.3. The number of nitrogens with zero attached hydrogens (tertiary/aromatic N) is 1. The van der Waals surface area contributed by atoms with Crippen LogP contribution in [0.5, 0.6) is 0 Å². The summed E-state index contributed by atoms with van der Waals surface area (Å²) in [5.41, 5.74) is 16.5. The molecule has 0 spiro atoms. The van der Waals surface area contributed by atoms with Gasteiger partial charge < -0.3 is 14.6 Å². The van der Waals surface area contributed by atoms with Crippen molar-refractivity contribution in [2.45, 2.75) is 44.2 Å². The van der Waals surface area contributed by atoms with Crippen molar-refractivity contribution in [2.75, 3.05) is 10.2 Å². The monoisotopic (exact) mass is 670 g/mol. The summed E-state index contributed by atoms with van der Waals surface area (Å²) < 4.78 is 6.70. The predicted octanol–water partition coefficient (Wildman–Crippen LogP) is 11.0. The first-order valence-corrected chi connectivity index (χ1v) is 18.8. The van der Waals surface area contributed by atoms with Gasteiger partial charge in [-0.1, -0.05) is 122 Å². The van der Waals surface area contributed by atoms with Gasteiger partial charge in [0.05, 0.1) is 11.4 Å². The molecule has 3 heteroatoms. The third kappa shape index (κ3) is 4.32. The molecule has 0 amide bonds. The molecule has 0 saturated heterocycles. The number of rotatable bonds is 5. The molecule has 3 aliphatic carbocycles. The normalized spacial score (nSPS) is 20.0. The topological polar surface area (TPSA) is 28.4 Å². The molecule has 52 heavy (non-hydrogen) atoms. The molecule has 2 heterocycles. The van der Waals surface area contributed by atoms with Gasteiger partial charge in [-0.3, -0.25) is 0 Å².